The molecule has 4 aromatic carbocycles. The Bertz CT molecular complexity index is 3990. The molecule has 3 aliphatic rings. The molecule has 0 nitrogen and oxygen atoms in total. The van der Waals surface area contributed by atoms with E-state index in [2.05, 4.69) is 0 Å². The number of hydrogen-bond donors (Lipinski definition) is 0. The number of hydrogen-bond acceptors (Lipinski definition) is 0. The van der Waals surface area contributed by atoms with E-state index >= 15 is 0 Å². The first-order chi connectivity index (χ1) is 56.0. The topological polar surface area (TPSA) is 0 Å². The highest BCUT2D eigenvalue weighted by atomic mass is 28.3. The lowest BCUT2D eigenvalue weighted by Gasteiger charge is -2.37. The molecule has 3 fully saturated rings. The molecule has 0 aliphatic heterocycles. The van der Waals surface area contributed by atoms with Crippen molar-refractivity contribution in [3.05, 3.63) is 142 Å². The van der Waals surface area contributed by atoms with Crippen LogP contribution in [-0.4, -0.2) is 28.5 Å². The van der Waals surface area contributed by atoms with E-state index < -0.39 is 189 Å². The molecule has 0 unspecified atom stereocenters. The maximum atomic E-state index is 13.4. The number of alkyl halides is 6. The van der Waals surface area contributed by atoms with Crippen molar-refractivity contribution in [2.45, 2.75) is 309 Å². The molecule has 0 saturated heterocycles. The van der Waals surface area contributed by atoms with Gasteiger partial charge in [0.1, 0.15) is 0 Å². The summed E-state index contributed by atoms with van der Waals surface area (Å²) in [5.74, 6) is -14.7. The first-order valence-corrected chi connectivity index (χ1v) is 33.4. The summed E-state index contributed by atoms with van der Waals surface area (Å²) >= 11 is 0. The van der Waals surface area contributed by atoms with Gasteiger partial charge in [-0.1, -0.05) is 278 Å². The Morgan fingerprint density at radius 3 is 1.21 bits per heavy atom. The van der Waals surface area contributed by atoms with Gasteiger partial charge < -0.3 is 0 Å². The molecular weight excluding hydrogens is 1100 g/mol. The van der Waals surface area contributed by atoms with Crippen LogP contribution in [0, 0.1) is 68.5 Å². The van der Waals surface area contributed by atoms with E-state index in [-0.39, 0.29) is 19.8 Å². The summed E-state index contributed by atoms with van der Waals surface area (Å²) in [4.78, 5) is 0. The highest BCUT2D eigenvalue weighted by Crippen LogP contribution is 2.51. The summed E-state index contributed by atoms with van der Waals surface area (Å²) in [6.45, 7) is 15.3. The Morgan fingerprint density at radius 2 is 0.941 bits per heavy atom. The first-order valence-electron chi connectivity index (χ1n) is 50.4. The highest BCUT2D eigenvalue weighted by molar-refractivity contribution is 6.78. The fourth-order valence-corrected chi connectivity index (χ4v) is 7.52. The molecule has 0 spiro atoms. The molecule has 0 atom stereocenters. The van der Waals surface area contributed by atoms with E-state index in [1.54, 1.807) is 32.9 Å². The molecule has 3 saturated carbocycles. The highest BCUT2D eigenvalue weighted by Gasteiger charge is 2.52. The van der Waals surface area contributed by atoms with Crippen molar-refractivity contribution in [2.75, 3.05) is 0 Å². The summed E-state index contributed by atoms with van der Waals surface area (Å²) in [6, 6.07) is 30.8. The van der Waals surface area contributed by atoms with Gasteiger partial charge >= 0.3 is 12.4 Å². The molecule has 0 N–H and O–H groups in total. The molecule has 8 heteroatoms. The predicted molar refractivity (Wildman–Crippen MR) is 374 cm³/mol. The largest absolute Gasteiger partial charge is 0.394 e. The lowest BCUT2D eigenvalue weighted by atomic mass is 9.72. The Kier molecular flexibility index (Phi) is 15.8. The molecule has 4 aromatic rings. The van der Waals surface area contributed by atoms with Crippen LogP contribution in [-0.2, 0) is 5.41 Å². The maximum absolute atomic E-state index is 13.4. The van der Waals surface area contributed by atoms with Crippen LogP contribution in [0.15, 0.2) is 97.1 Å². The van der Waals surface area contributed by atoms with Gasteiger partial charge in [0.25, 0.3) is 0 Å². The van der Waals surface area contributed by atoms with Gasteiger partial charge in [-0.2, -0.15) is 26.3 Å². The number of aryl methyl sites for hydroxylation is 5. The smallest absolute Gasteiger partial charge is 0.171 e. The van der Waals surface area contributed by atoms with Crippen molar-refractivity contribution in [3.8, 4) is 0 Å². The van der Waals surface area contributed by atoms with Crippen molar-refractivity contribution in [3.63, 3.8) is 0 Å². The maximum Gasteiger partial charge on any atom is 0.394 e. The van der Waals surface area contributed by atoms with E-state index in [0.29, 0.717) is 32.3 Å². The van der Waals surface area contributed by atoms with E-state index in [1.165, 1.54) is 31.1 Å². The molecule has 0 heterocycles. The molecule has 0 bridgehead atoms. The van der Waals surface area contributed by atoms with Crippen LogP contribution in [0.5, 0.6) is 0 Å². The first kappa shape index (κ1) is 34.4. The monoisotopic (exact) mass is 1270 g/mol. The van der Waals surface area contributed by atoms with Crippen LogP contribution < -0.4 is 0 Å². The molecule has 0 aromatic heterocycles. The second-order valence-corrected chi connectivity index (χ2v) is 30.0. The molecule has 7 rings (SSSR count). The van der Waals surface area contributed by atoms with E-state index in [9.17, 15) is 26.3 Å². The zero-order valence-corrected chi connectivity index (χ0v) is 56.3. The zero-order valence-electron chi connectivity index (χ0n) is 99.3. The number of rotatable bonds is 5. The van der Waals surface area contributed by atoms with Crippen molar-refractivity contribution >= 4 is 16.1 Å². The van der Waals surface area contributed by atoms with Crippen LogP contribution in [0.4, 0.5) is 26.3 Å². The van der Waals surface area contributed by atoms with Crippen molar-refractivity contribution in [1.82, 2.24) is 0 Å². The van der Waals surface area contributed by atoms with Gasteiger partial charge in [0.15, 0.2) is 0 Å². The average Bonchev–Trinajstić information content (AvgIpc) is 0.657. The molecular formula is C77H132F6Si2. The van der Waals surface area contributed by atoms with E-state index in [4.69, 9.17) is 61.7 Å². The molecule has 85 heavy (non-hydrogen) atoms. The number of benzene rings is 4. The minimum atomic E-state index is -5.56. The summed E-state index contributed by atoms with van der Waals surface area (Å²) in [6.07, 6.45) is -36.7. The quantitative estimate of drug-likeness (QED) is 0.138. The average molecular weight is 1270 g/mol. The van der Waals surface area contributed by atoms with Crippen molar-refractivity contribution in [2.24, 2.45) is 33.9 Å². The third-order valence-corrected chi connectivity index (χ3v) is 15.5. The summed E-state index contributed by atoms with van der Waals surface area (Å²) < 4.78 is 417. The number of halogens is 6. The van der Waals surface area contributed by atoms with Crippen LogP contribution in [0.3, 0.4) is 0 Å². The summed E-state index contributed by atoms with van der Waals surface area (Å²) in [5, 5.41) is 0. The molecule has 3 aliphatic carbocycles. The normalized spacial score (nSPS) is 39.0. The summed E-state index contributed by atoms with van der Waals surface area (Å²) in [7, 11) is -7.18. The second kappa shape index (κ2) is 39.1. The molecule has 0 radical (unpaired) electrons. The Balaban J connectivity index is 0. The van der Waals surface area contributed by atoms with Gasteiger partial charge in [-0.3, -0.25) is 0 Å². The SMILES string of the molecule is [2H]C(C)(C)c1ccccc1C.[2H]C(C)(C)c1ccccc1C.[2H]C([2H])([2H])C(C)(C)c1ccccc1C.[2H]C([2H])([2H])C([2H])([2H])[Si](C)(C([2H])([2H])C)C([2H])([2H])C.[2H]C([2H])([2H])C1(C)C([2H])([2H])C([2H])([2H])C([2H])(C)C([2H])([2H])C1([2H])[2H].[2H]C([2H])([2H])[Si](C)(C)C([2H])([2H])[2H].[2H]C([2H])([2H])c1ccccc1C.[2H]C1(C)CCC(C)(C(F)(F)F)CC1.[2H]C1([2H])C([2H])([2H])C(C)(C(F)(F)F)C([2H])([2H])C([2H])([2H])C1([2H])C. The van der Waals surface area contributed by atoms with Gasteiger partial charge in [-0.25, -0.2) is 0 Å². The molecule has 490 valence electrons. The van der Waals surface area contributed by atoms with Crippen molar-refractivity contribution < 1.29 is 88.0 Å². The van der Waals surface area contributed by atoms with Crippen LogP contribution in [0.25, 0.3) is 0 Å². The van der Waals surface area contributed by atoms with Crippen LogP contribution in [0.1, 0.15) is 312 Å². The third kappa shape index (κ3) is 36.2. The lowest BCUT2D eigenvalue weighted by molar-refractivity contribution is -0.230. The van der Waals surface area contributed by atoms with Gasteiger partial charge in [0.05, 0.1) is 10.8 Å². The molecule has 0 amide bonds. The fourth-order valence-electron chi connectivity index (χ4n) is 7.02. The lowest BCUT2D eigenvalue weighted by Crippen LogP contribution is -2.38. The Hall–Kier alpha value is -3.11. The van der Waals surface area contributed by atoms with Gasteiger partial charge in [-0.05, 0) is 183 Å². The third-order valence-electron chi connectivity index (χ3n) is 13.0. The van der Waals surface area contributed by atoms with Crippen molar-refractivity contribution in [1.29, 1.82) is 0 Å². The van der Waals surface area contributed by atoms with Gasteiger partial charge in [0, 0.05) is 77.8 Å². The fraction of sp³-hybridized carbons (Fsp3) is 0.688. The predicted octanol–water partition coefficient (Wildman–Crippen LogP) is 27.7. The van der Waals surface area contributed by atoms with Crippen LogP contribution in [0.2, 0.25) is 50.6 Å². The standard InChI is InChI=1S/C11H16.2C10H14.2C9H15F3.C9H18.C8H10.C7H18Si.C4H12Si/c1-9-7-5-6-8-10(9)11(2,3)4;2*1-8(2)10-7-5-4-6-9(10)3;2*1-7-3-5-8(2,6-4-7)9(10,11)12;1-8-4-6-9(2,3)7-5-8;1-7-5-3-4-6-8(7)2;1-5-8(4,6-2)7-3;1-5(2,3)4/h5-8H,1-4H3;2*4-8H,1-3H3;2*7H,3-6H2,1-2H3;8H,4-7H2,1-3H3;3-6H,1-2H3;5-7H2,1-4H3;1-4H3/i2D3;2*8D;3D2,4D2,5D2,6D2,7D;7D;2D3,4D2,5D2,6D2,7D2,8D;1D3;1D3,5D2,6D2,7D2;1D3,2D3. The zero-order chi connectivity index (χ0) is 106. The Labute approximate surface area is 588 Å². The summed E-state index contributed by atoms with van der Waals surface area (Å²) in [5.41, 5.74) is -1.44. The van der Waals surface area contributed by atoms with E-state index in [1.807, 2.05) is 140 Å². The van der Waals surface area contributed by atoms with Crippen LogP contribution >= 0.6 is 0 Å². The Morgan fingerprint density at radius 1 is 0.565 bits per heavy atom. The minimum absolute atomic E-state index is 0.0938. The van der Waals surface area contributed by atoms with Gasteiger partial charge in [-0.15, -0.1) is 0 Å². The van der Waals surface area contributed by atoms with E-state index in [0.717, 1.165) is 55.1 Å². The minimum Gasteiger partial charge on any atom is -0.171 e. The second-order valence-electron chi connectivity index (χ2n) is 23.3. The van der Waals surface area contributed by atoms with Gasteiger partial charge in [0.2, 0.25) is 0 Å².